The van der Waals surface area contributed by atoms with E-state index in [1.165, 1.54) is 63.4 Å². The summed E-state index contributed by atoms with van der Waals surface area (Å²) in [4.78, 5) is 4.32. The van der Waals surface area contributed by atoms with Gasteiger partial charge in [-0.2, -0.15) is 5.26 Å². The van der Waals surface area contributed by atoms with Crippen molar-refractivity contribution in [1.82, 2.24) is 4.98 Å². The van der Waals surface area contributed by atoms with E-state index in [1.807, 2.05) is 12.3 Å². The SMILES string of the molecule is CCCC1CCC2C(CCC3C2CCC2(C)C3CCC2[C@H](C)Cc2ccc(C#N)nc2)C1. The smallest absolute Gasteiger partial charge is 0.140 e. The van der Waals surface area contributed by atoms with Gasteiger partial charge in [-0.3, -0.25) is 0 Å². The number of aromatic nitrogens is 1. The Hall–Kier alpha value is -1.36. The van der Waals surface area contributed by atoms with Crippen LogP contribution in [0.4, 0.5) is 0 Å². The van der Waals surface area contributed by atoms with E-state index >= 15 is 0 Å². The first kappa shape index (κ1) is 22.4. The van der Waals surface area contributed by atoms with E-state index in [0.29, 0.717) is 17.0 Å². The van der Waals surface area contributed by atoms with Crippen molar-refractivity contribution in [3.63, 3.8) is 0 Å². The Morgan fingerprint density at radius 3 is 2.66 bits per heavy atom. The van der Waals surface area contributed by atoms with Crippen molar-refractivity contribution in [2.75, 3.05) is 0 Å². The molecule has 0 aromatic carbocycles. The van der Waals surface area contributed by atoms with E-state index < -0.39 is 0 Å². The normalized spacial score (nSPS) is 41.8. The number of rotatable bonds is 5. The topological polar surface area (TPSA) is 36.7 Å². The van der Waals surface area contributed by atoms with E-state index in [2.05, 4.69) is 37.9 Å². The van der Waals surface area contributed by atoms with Gasteiger partial charge in [-0.25, -0.2) is 4.98 Å². The third kappa shape index (κ3) is 3.93. The number of nitrogens with zero attached hydrogens (tertiary/aromatic N) is 2. The van der Waals surface area contributed by atoms with E-state index in [0.717, 1.165) is 47.8 Å². The molecule has 4 aliphatic rings. The summed E-state index contributed by atoms with van der Waals surface area (Å²) in [5, 5.41) is 9.04. The molecule has 4 aliphatic carbocycles. The summed E-state index contributed by atoms with van der Waals surface area (Å²) < 4.78 is 0. The van der Waals surface area contributed by atoms with Gasteiger partial charge in [0.05, 0.1) is 0 Å². The molecule has 174 valence electrons. The molecule has 9 atom stereocenters. The zero-order valence-electron chi connectivity index (χ0n) is 20.7. The molecule has 0 spiro atoms. The van der Waals surface area contributed by atoms with Gasteiger partial charge in [-0.1, -0.05) is 46.1 Å². The summed E-state index contributed by atoms with van der Waals surface area (Å²) in [5.41, 5.74) is 2.39. The molecule has 8 unspecified atom stereocenters. The number of nitriles is 1. The Bertz CT molecular complexity index is 822. The highest BCUT2D eigenvalue weighted by atomic mass is 14.7. The molecular weight excluding hydrogens is 388 g/mol. The third-order valence-corrected chi connectivity index (χ3v) is 11.0. The molecule has 4 saturated carbocycles. The zero-order chi connectivity index (χ0) is 22.3. The van der Waals surface area contributed by atoms with Crippen molar-refractivity contribution < 1.29 is 0 Å². The summed E-state index contributed by atoms with van der Waals surface area (Å²) in [7, 11) is 0. The molecular formula is C30H44N2. The fourth-order valence-electron chi connectivity index (χ4n) is 9.72. The van der Waals surface area contributed by atoms with Crippen LogP contribution in [0.15, 0.2) is 18.3 Å². The molecule has 1 aromatic heterocycles. The Balaban J connectivity index is 1.26. The van der Waals surface area contributed by atoms with Crippen molar-refractivity contribution in [3.8, 4) is 6.07 Å². The number of fused-ring (bicyclic) bond motifs is 5. The van der Waals surface area contributed by atoms with Crippen molar-refractivity contribution in [1.29, 1.82) is 5.26 Å². The average Bonchev–Trinajstić information content (AvgIpc) is 3.17. The molecule has 2 nitrogen and oxygen atoms in total. The van der Waals surface area contributed by atoms with Crippen LogP contribution < -0.4 is 0 Å². The first-order valence-electron chi connectivity index (χ1n) is 13.9. The largest absolute Gasteiger partial charge is 0.245 e. The van der Waals surface area contributed by atoms with Gasteiger partial charge in [-0.05, 0) is 122 Å². The second kappa shape index (κ2) is 9.12. The van der Waals surface area contributed by atoms with E-state index in [9.17, 15) is 0 Å². The molecule has 0 N–H and O–H groups in total. The van der Waals surface area contributed by atoms with E-state index in [-0.39, 0.29) is 0 Å². The molecule has 2 heteroatoms. The summed E-state index contributed by atoms with van der Waals surface area (Å²) in [6.45, 7) is 7.55. The van der Waals surface area contributed by atoms with Crippen molar-refractivity contribution >= 4 is 0 Å². The first-order chi connectivity index (χ1) is 15.5. The van der Waals surface area contributed by atoms with Crippen LogP contribution in [0.5, 0.6) is 0 Å². The minimum absolute atomic E-state index is 0.534. The number of pyridine rings is 1. The summed E-state index contributed by atoms with van der Waals surface area (Å²) >= 11 is 0. The Kier molecular flexibility index (Phi) is 6.39. The van der Waals surface area contributed by atoms with Crippen LogP contribution >= 0.6 is 0 Å². The fraction of sp³-hybridized carbons (Fsp3) is 0.800. The van der Waals surface area contributed by atoms with Gasteiger partial charge in [0.2, 0.25) is 0 Å². The number of hydrogen-bond donors (Lipinski definition) is 0. The fourth-order valence-corrected chi connectivity index (χ4v) is 9.72. The highest BCUT2D eigenvalue weighted by Crippen LogP contribution is 2.65. The summed E-state index contributed by atoms with van der Waals surface area (Å²) in [5.74, 6) is 7.76. The Labute approximate surface area is 196 Å². The zero-order valence-corrected chi connectivity index (χ0v) is 20.7. The van der Waals surface area contributed by atoms with Gasteiger partial charge in [-0.15, -0.1) is 0 Å². The maximum atomic E-state index is 9.04. The molecule has 1 heterocycles. The highest BCUT2D eigenvalue weighted by Gasteiger charge is 2.57. The molecule has 4 fully saturated rings. The molecule has 0 radical (unpaired) electrons. The maximum Gasteiger partial charge on any atom is 0.140 e. The van der Waals surface area contributed by atoms with Gasteiger partial charge in [0.15, 0.2) is 0 Å². The van der Waals surface area contributed by atoms with Crippen molar-refractivity contribution in [3.05, 3.63) is 29.6 Å². The highest BCUT2D eigenvalue weighted by molar-refractivity contribution is 5.23. The molecule has 0 aliphatic heterocycles. The minimum Gasteiger partial charge on any atom is -0.245 e. The molecule has 0 bridgehead atoms. The first-order valence-corrected chi connectivity index (χ1v) is 13.9. The Morgan fingerprint density at radius 2 is 1.91 bits per heavy atom. The van der Waals surface area contributed by atoms with Crippen LogP contribution in [0.2, 0.25) is 0 Å². The predicted molar refractivity (Wildman–Crippen MR) is 131 cm³/mol. The quantitative estimate of drug-likeness (QED) is 0.475. The molecule has 0 amide bonds. The standard InChI is InChI=1S/C30H44N2/c1-4-5-21-7-10-25-23(17-21)8-11-27-26(25)14-15-30(3)28(12-13-29(27)30)20(2)16-22-6-9-24(18-31)32-19-22/h6,9,19-21,23,25-29H,4-5,7-8,10-17H2,1-3H3/t20-,21?,23?,25?,26?,27?,28?,29?,30?/m1/s1. The summed E-state index contributed by atoms with van der Waals surface area (Å²) in [6, 6.07) is 6.17. The lowest BCUT2D eigenvalue weighted by atomic mass is 9.48. The van der Waals surface area contributed by atoms with Crippen LogP contribution in [-0.2, 0) is 6.42 Å². The average molecular weight is 433 g/mol. The summed E-state index contributed by atoms with van der Waals surface area (Å²) in [6.07, 6.45) is 19.5. The second-order valence-electron chi connectivity index (χ2n) is 12.5. The lowest BCUT2D eigenvalue weighted by Crippen LogP contribution is -2.49. The van der Waals surface area contributed by atoms with Crippen LogP contribution in [0.3, 0.4) is 0 Å². The van der Waals surface area contributed by atoms with E-state index in [1.54, 1.807) is 12.8 Å². The van der Waals surface area contributed by atoms with Crippen molar-refractivity contribution in [2.45, 2.75) is 97.8 Å². The number of hydrogen-bond acceptors (Lipinski definition) is 2. The van der Waals surface area contributed by atoms with Crippen LogP contribution in [0.25, 0.3) is 0 Å². The van der Waals surface area contributed by atoms with E-state index in [4.69, 9.17) is 5.26 Å². The Morgan fingerprint density at radius 1 is 1.06 bits per heavy atom. The minimum atomic E-state index is 0.534. The molecule has 1 aromatic rings. The second-order valence-corrected chi connectivity index (χ2v) is 12.5. The molecule has 5 rings (SSSR count). The van der Waals surface area contributed by atoms with Crippen LogP contribution in [0, 0.1) is 64.1 Å². The third-order valence-electron chi connectivity index (χ3n) is 11.0. The van der Waals surface area contributed by atoms with Gasteiger partial charge < -0.3 is 0 Å². The molecule has 0 saturated heterocycles. The lowest BCUT2D eigenvalue weighted by molar-refractivity contribution is -0.0740. The van der Waals surface area contributed by atoms with Gasteiger partial charge in [0.25, 0.3) is 0 Å². The molecule has 32 heavy (non-hydrogen) atoms. The monoisotopic (exact) mass is 432 g/mol. The predicted octanol–water partition coefficient (Wildman–Crippen LogP) is 7.82. The van der Waals surface area contributed by atoms with Crippen molar-refractivity contribution in [2.24, 2.45) is 52.8 Å². The lowest BCUT2D eigenvalue weighted by Gasteiger charge is -2.57. The van der Waals surface area contributed by atoms with Gasteiger partial charge >= 0.3 is 0 Å². The maximum absolute atomic E-state index is 9.04. The van der Waals surface area contributed by atoms with Crippen LogP contribution in [-0.4, -0.2) is 4.98 Å². The van der Waals surface area contributed by atoms with Gasteiger partial charge in [0.1, 0.15) is 11.8 Å². The van der Waals surface area contributed by atoms with Gasteiger partial charge in [0, 0.05) is 6.20 Å². The van der Waals surface area contributed by atoms with Crippen LogP contribution in [0.1, 0.15) is 103 Å².